The Bertz CT molecular complexity index is 542. The van der Waals surface area contributed by atoms with Gasteiger partial charge in [0.15, 0.2) is 0 Å². The fraction of sp³-hybridized carbons (Fsp3) is 0.529. The minimum Gasteiger partial charge on any atom is -0.481 e. The normalized spacial score (nSPS) is 23.2. The molecule has 3 rings (SSSR count). The highest BCUT2D eigenvalue weighted by Crippen LogP contribution is 2.40. The van der Waals surface area contributed by atoms with Crippen LogP contribution in [0.25, 0.3) is 0 Å². The number of benzene rings is 1. The molecule has 5 nitrogen and oxygen atoms in total. The number of nitrogens with zero attached hydrogens (tertiary/aromatic N) is 1. The number of carboxylic acid groups (broad SMARTS) is 1. The van der Waals surface area contributed by atoms with E-state index in [4.69, 9.17) is 5.11 Å². The van der Waals surface area contributed by atoms with Gasteiger partial charge < -0.3 is 10.4 Å². The van der Waals surface area contributed by atoms with Gasteiger partial charge in [0, 0.05) is 6.54 Å². The van der Waals surface area contributed by atoms with Gasteiger partial charge in [-0.25, -0.2) is 0 Å². The number of aliphatic carboxylic acids is 1. The molecule has 1 amide bonds. The van der Waals surface area contributed by atoms with Gasteiger partial charge in [-0.1, -0.05) is 30.3 Å². The number of carbonyl (C=O) groups is 2. The Morgan fingerprint density at radius 3 is 2.55 bits per heavy atom. The van der Waals surface area contributed by atoms with E-state index in [2.05, 4.69) is 17.4 Å². The molecule has 1 heterocycles. The van der Waals surface area contributed by atoms with Gasteiger partial charge >= 0.3 is 5.97 Å². The van der Waals surface area contributed by atoms with Crippen molar-refractivity contribution in [3.05, 3.63) is 35.9 Å². The average Bonchev–Trinajstić information content (AvgIpc) is 3.24. The molecule has 2 atom stereocenters. The molecule has 1 aliphatic carbocycles. The predicted octanol–water partition coefficient (Wildman–Crippen LogP) is 1.66. The van der Waals surface area contributed by atoms with Crippen LogP contribution in [-0.4, -0.2) is 41.5 Å². The second-order valence-electron chi connectivity index (χ2n) is 6.35. The zero-order valence-corrected chi connectivity index (χ0v) is 12.6. The zero-order valence-electron chi connectivity index (χ0n) is 12.6. The minimum absolute atomic E-state index is 0.00760. The van der Waals surface area contributed by atoms with Crippen molar-refractivity contribution in [3.63, 3.8) is 0 Å². The Kier molecular flexibility index (Phi) is 4.43. The van der Waals surface area contributed by atoms with Gasteiger partial charge in [0.05, 0.1) is 18.5 Å². The van der Waals surface area contributed by atoms with E-state index in [0.29, 0.717) is 32.0 Å². The molecule has 1 saturated carbocycles. The van der Waals surface area contributed by atoms with Gasteiger partial charge in [-0.2, -0.15) is 0 Å². The highest BCUT2D eigenvalue weighted by atomic mass is 16.4. The summed E-state index contributed by atoms with van der Waals surface area (Å²) in [7, 11) is 0. The number of hydrogen-bond donors (Lipinski definition) is 2. The minimum atomic E-state index is -0.761. The third kappa shape index (κ3) is 3.65. The van der Waals surface area contributed by atoms with Crippen LogP contribution in [0.3, 0.4) is 0 Å². The first-order chi connectivity index (χ1) is 10.6. The molecule has 22 heavy (non-hydrogen) atoms. The molecule has 5 heteroatoms. The molecular weight excluding hydrogens is 280 g/mol. The van der Waals surface area contributed by atoms with Crippen LogP contribution in [0, 0.1) is 11.8 Å². The van der Waals surface area contributed by atoms with Gasteiger partial charge in [0.1, 0.15) is 0 Å². The number of rotatable bonds is 6. The SMILES string of the molecule is O=C(CN1CCC(C(=O)O)C1)NC(c1ccccc1)C1CC1. The Hall–Kier alpha value is -1.88. The molecule has 2 unspecified atom stereocenters. The molecule has 0 aromatic heterocycles. The number of likely N-dealkylation sites (tertiary alicyclic amines) is 1. The van der Waals surface area contributed by atoms with Crippen LogP contribution < -0.4 is 5.32 Å². The summed E-state index contributed by atoms with van der Waals surface area (Å²) in [5, 5.41) is 12.2. The molecule has 2 fully saturated rings. The van der Waals surface area contributed by atoms with E-state index in [1.165, 1.54) is 0 Å². The molecule has 1 aliphatic heterocycles. The lowest BCUT2D eigenvalue weighted by Crippen LogP contribution is -2.39. The van der Waals surface area contributed by atoms with Crippen molar-refractivity contribution in [2.24, 2.45) is 11.8 Å². The summed E-state index contributed by atoms with van der Waals surface area (Å²) in [6, 6.07) is 10.2. The van der Waals surface area contributed by atoms with E-state index in [1.54, 1.807) is 0 Å². The van der Waals surface area contributed by atoms with Crippen molar-refractivity contribution in [1.82, 2.24) is 10.2 Å². The van der Waals surface area contributed by atoms with Crippen molar-refractivity contribution in [3.8, 4) is 0 Å². The van der Waals surface area contributed by atoms with E-state index in [1.807, 2.05) is 23.1 Å². The van der Waals surface area contributed by atoms with E-state index >= 15 is 0 Å². The van der Waals surface area contributed by atoms with Crippen LogP contribution in [0.15, 0.2) is 30.3 Å². The van der Waals surface area contributed by atoms with Crippen molar-refractivity contribution >= 4 is 11.9 Å². The molecule has 1 saturated heterocycles. The van der Waals surface area contributed by atoms with E-state index in [0.717, 1.165) is 18.4 Å². The topological polar surface area (TPSA) is 69.6 Å². The van der Waals surface area contributed by atoms with Crippen LogP contribution in [0.5, 0.6) is 0 Å². The monoisotopic (exact) mass is 302 g/mol. The van der Waals surface area contributed by atoms with Gasteiger partial charge in [-0.15, -0.1) is 0 Å². The summed E-state index contributed by atoms with van der Waals surface area (Å²) in [6.45, 7) is 1.45. The van der Waals surface area contributed by atoms with Crippen LogP contribution in [0.4, 0.5) is 0 Å². The Balaban J connectivity index is 1.55. The molecular formula is C17H22N2O3. The maximum absolute atomic E-state index is 12.3. The van der Waals surface area contributed by atoms with Gasteiger partial charge in [0.2, 0.25) is 5.91 Å². The fourth-order valence-corrected chi connectivity index (χ4v) is 3.16. The maximum Gasteiger partial charge on any atom is 0.307 e. The van der Waals surface area contributed by atoms with Crippen molar-refractivity contribution in [1.29, 1.82) is 0 Å². The largest absolute Gasteiger partial charge is 0.481 e. The predicted molar refractivity (Wildman–Crippen MR) is 82.2 cm³/mol. The average molecular weight is 302 g/mol. The molecule has 118 valence electrons. The lowest BCUT2D eigenvalue weighted by molar-refractivity contribution is -0.141. The Morgan fingerprint density at radius 1 is 1.23 bits per heavy atom. The van der Waals surface area contributed by atoms with Crippen LogP contribution >= 0.6 is 0 Å². The fourth-order valence-electron chi connectivity index (χ4n) is 3.16. The standard InChI is InChI=1S/C17H22N2O3/c20-15(11-19-9-8-14(10-19)17(21)22)18-16(13-6-7-13)12-4-2-1-3-5-12/h1-5,13-14,16H,6-11H2,(H,18,20)(H,21,22). The third-order valence-corrected chi connectivity index (χ3v) is 4.56. The summed E-state index contributed by atoms with van der Waals surface area (Å²) in [6.07, 6.45) is 2.95. The molecule has 1 aromatic carbocycles. The van der Waals surface area contributed by atoms with Crippen molar-refractivity contribution < 1.29 is 14.7 Å². The molecule has 0 radical (unpaired) electrons. The molecule has 0 bridgehead atoms. The highest BCUT2D eigenvalue weighted by Gasteiger charge is 2.34. The van der Waals surface area contributed by atoms with Gasteiger partial charge in [0.25, 0.3) is 0 Å². The summed E-state index contributed by atoms with van der Waals surface area (Å²) in [5.41, 5.74) is 1.16. The number of carbonyl (C=O) groups excluding carboxylic acids is 1. The summed E-state index contributed by atoms with van der Waals surface area (Å²) in [5.74, 6) is -0.562. The highest BCUT2D eigenvalue weighted by molar-refractivity contribution is 5.79. The smallest absolute Gasteiger partial charge is 0.307 e. The number of amides is 1. The Labute approximate surface area is 130 Å². The van der Waals surface area contributed by atoms with Gasteiger partial charge in [-0.05, 0) is 37.3 Å². The van der Waals surface area contributed by atoms with Crippen LogP contribution in [0.2, 0.25) is 0 Å². The van der Waals surface area contributed by atoms with Crippen molar-refractivity contribution in [2.75, 3.05) is 19.6 Å². The lowest BCUT2D eigenvalue weighted by Gasteiger charge is -2.21. The van der Waals surface area contributed by atoms with Crippen molar-refractivity contribution in [2.45, 2.75) is 25.3 Å². The molecule has 2 aliphatic rings. The molecule has 0 spiro atoms. The van der Waals surface area contributed by atoms with Crippen LogP contribution in [-0.2, 0) is 9.59 Å². The first kappa shape index (κ1) is 15.0. The van der Waals surface area contributed by atoms with Crippen LogP contribution in [0.1, 0.15) is 30.9 Å². The molecule has 1 aromatic rings. The zero-order chi connectivity index (χ0) is 15.5. The first-order valence-corrected chi connectivity index (χ1v) is 7.93. The molecule has 2 N–H and O–H groups in total. The summed E-state index contributed by atoms with van der Waals surface area (Å²) >= 11 is 0. The van der Waals surface area contributed by atoms with Gasteiger partial charge in [-0.3, -0.25) is 14.5 Å². The number of carboxylic acids is 1. The first-order valence-electron chi connectivity index (χ1n) is 7.93. The lowest BCUT2D eigenvalue weighted by atomic mass is 10.0. The number of hydrogen-bond acceptors (Lipinski definition) is 3. The summed E-state index contributed by atoms with van der Waals surface area (Å²) < 4.78 is 0. The summed E-state index contributed by atoms with van der Waals surface area (Å²) in [4.78, 5) is 25.2. The van der Waals surface area contributed by atoms with E-state index in [9.17, 15) is 9.59 Å². The third-order valence-electron chi connectivity index (χ3n) is 4.56. The maximum atomic E-state index is 12.3. The number of nitrogens with one attached hydrogen (secondary N) is 1. The quantitative estimate of drug-likeness (QED) is 0.838. The van der Waals surface area contributed by atoms with E-state index in [-0.39, 0.29) is 17.9 Å². The second kappa shape index (κ2) is 6.48. The second-order valence-corrected chi connectivity index (χ2v) is 6.35. The Morgan fingerprint density at radius 2 is 1.95 bits per heavy atom. The van der Waals surface area contributed by atoms with E-state index < -0.39 is 5.97 Å².